The van der Waals surface area contributed by atoms with E-state index in [9.17, 15) is 0 Å². The van der Waals surface area contributed by atoms with Gasteiger partial charge in [0.25, 0.3) is 0 Å². The summed E-state index contributed by atoms with van der Waals surface area (Å²) in [5.41, 5.74) is 7.75. The van der Waals surface area contributed by atoms with E-state index in [1.165, 1.54) is 28.8 Å². The SMILES string of the molecule is c1ccc(COc2ccc(-n3ncc4cnc(Nc5ccc(N6CCOCC6)cc5)nc43)c3c2CCCC3)cc1. The van der Waals surface area contributed by atoms with Gasteiger partial charge in [0, 0.05) is 30.7 Å². The van der Waals surface area contributed by atoms with Gasteiger partial charge in [-0.3, -0.25) is 0 Å². The Labute approximate surface area is 233 Å². The zero-order valence-electron chi connectivity index (χ0n) is 22.4. The van der Waals surface area contributed by atoms with Gasteiger partial charge in [-0.1, -0.05) is 30.3 Å². The molecule has 2 aliphatic rings. The van der Waals surface area contributed by atoms with Gasteiger partial charge in [-0.2, -0.15) is 10.1 Å². The minimum atomic E-state index is 0.546. The van der Waals surface area contributed by atoms with E-state index in [-0.39, 0.29) is 0 Å². The second-order valence-corrected chi connectivity index (χ2v) is 10.3. The molecule has 1 N–H and O–H groups in total. The van der Waals surface area contributed by atoms with Crippen LogP contribution in [0.2, 0.25) is 0 Å². The molecule has 0 saturated carbocycles. The van der Waals surface area contributed by atoms with Crippen molar-refractivity contribution in [2.45, 2.75) is 32.3 Å². The molecule has 3 heterocycles. The number of nitrogens with zero attached hydrogens (tertiary/aromatic N) is 5. The van der Waals surface area contributed by atoms with Crippen LogP contribution in [0.4, 0.5) is 17.3 Å². The van der Waals surface area contributed by atoms with Crippen molar-refractivity contribution >= 4 is 28.4 Å². The zero-order valence-corrected chi connectivity index (χ0v) is 22.4. The third-order valence-corrected chi connectivity index (χ3v) is 7.74. The Morgan fingerprint density at radius 3 is 2.48 bits per heavy atom. The highest BCUT2D eigenvalue weighted by Gasteiger charge is 2.21. The largest absolute Gasteiger partial charge is 0.489 e. The molecule has 3 aromatic carbocycles. The first-order chi connectivity index (χ1) is 19.8. The number of fused-ring (bicyclic) bond motifs is 2. The smallest absolute Gasteiger partial charge is 0.229 e. The quantitative estimate of drug-likeness (QED) is 0.282. The van der Waals surface area contributed by atoms with Crippen LogP contribution in [0, 0.1) is 0 Å². The number of benzene rings is 3. The maximum absolute atomic E-state index is 6.31. The summed E-state index contributed by atoms with van der Waals surface area (Å²) < 4.78 is 13.7. The highest BCUT2D eigenvalue weighted by Crippen LogP contribution is 2.35. The molecule has 40 heavy (non-hydrogen) atoms. The first kappa shape index (κ1) is 24.6. The Hall–Kier alpha value is -4.43. The summed E-state index contributed by atoms with van der Waals surface area (Å²) >= 11 is 0. The van der Waals surface area contributed by atoms with Crippen LogP contribution < -0.4 is 15.0 Å². The maximum Gasteiger partial charge on any atom is 0.229 e. The molecule has 0 spiro atoms. The third kappa shape index (κ3) is 4.98. The molecule has 1 saturated heterocycles. The van der Waals surface area contributed by atoms with Gasteiger partial charge in [-0.05, 0) is 78.8 Å². The molecular weight excluding hydrogens is 500 g/mol. The molecule has 8 nitrogen and oxygen atoms in total. The van der Waals surface area contributed by atoms with E-state index in [2.05, 4.69) is 63.7 Å². The number of ether oxygens (including phenoxy) is 2. The van der Waals surface area contributed by atoms with Crippen molar-refractivity contribution in [2.75, 3.05) is 36.5 Å². The molecule has 0 unspecified atom stereocenters. The normalized spacial score (nSPS) is 15.2. The summed E-state index contributed by atoms with van der Waals surface area (Å²) in [7, 11) is 0. The van der Waals surface area contributed by atoms with Gasteiger partial charge in [0.15, 0.2) is 5.65 Å². The number of rotatable bonds is 7. The maximum atomic E-state index is 6.31. The molecule has 1 aliphatic carbocycles. The molecular formula is C32H32N6O2. The number of morpholine rings is 1. The zero-order chi connectivity index (χ0) is 26.7. The van der Waals surface area contributed by atoms with E-state index in [0.29, 0.717) is 12.6 Å². The highest BCUT2D eigenvalue weighted by molar-refractivity contribution is 5.77. The molecule has 202 valence electrons. The summed E-state index contributed by atoms with van der Waals surface area (Å²) in [6, 6.07) is 22.9. The van der Waals surface area contributed by atoms with E-state index in [1.54, 1.807) is 0 Å². The molecule has 0 radical (unpaired) electrons. The van der Waals surface area contributed by atoms with Gasteiger partial charge in [0.05, 0.1) is 30.5 Å². The molecule has 1 fully saturated rings. The van der Waals surface area contributed by atoms with Crippen molar-refractivity contribution < 1.29 is 9.47 Å². The van der Waals surface area contributed by atoms with Crippen LogP contribution in [-0.2, 0) is 24.2 Å². The second kappa shape index (κ2) is 11.0. The van der Waals surface area contributed by atoms with Gasteiger partial charge in [-0.25, -0.2) is 9.67 Å². The summed E-state index contributed by atoms with van der Waals surface area (Å²) in [4.78, 5) is 11.8. The van der Waals surface area contributed by atoms with Crippen LogP contribution in [0.3, 0.4) is 0 Å². The average Bonchev–Trinajstić information content (AvgIpc) is 3.44. The number of aromatic nitrogens is 4. The molecule has 1 aliphatic heterocycles. The average molecular weight is 533 g/mol. The second-order valence-electron chi connectivity index (χ2n) is 10.3. The van der Waals surface area contributed by atoms with E-state index < -0.39 is 0 Å². The van der Waals surface area contributed by atoms with E-state index >= 15 is 0 Å². The van der Waals surface area contributed by atoms with Gasteiger partial charge >= 0.3 is 0 Å². The lowest BCUT2D eigenvalue weighted by Crippen LogP contribution is -2.36. The summed E-state index contributed by atoms with van der Waals surface area (Å²) in [5, 5.41) is 9.01. The first-order valence-corrected chi connectivity index (χ1v) is 14.0. The van der Waals surface area contributed by atoms with E-state index in [1.807, 2.05) is 35.3 Å². The summed E-state index contributed by atoms with van der Waals surface area (Å²) in [6.07, 6.45) is 8.00. The van der Waals surface area contributed by atoms with Crippen LogP contribution in [0.5, 0.6) is 5.75 Å². The fraction of sp³-hybridized carbons (Fsp3) is 0.281. The van der Waals surface area contributed by atoms with Crippen LogP contribution >= 0.6 is 0 Å². The van der Waals surface area contributed by atoms with E-state index in [4.69, 9.17) is 19.6 Å². The fourth-order valence-electron chi connectivity index (χ4n) is 5.64. The number of anilines is 3. The van der Waals surface area contributed by atoms with Crippen molar-refractivity contribution in [3.05, 3.63) is 95.8 Å². The Morgan fingerprint density at radius 2 is 1.65 bits per heavy atom. The molecule has 8 heteroatoms. The number of hydrogen-bond donors (Lipinski definition) is 1. The van der Waals surface area contributed by atoms with Crippen LogP contribution in [0.25, 0.3) is 16.7 Å². The van der Waals surface area contributed by atoms with Gasteiger partial charge in [0.2, 0.25) is 5.95 Å². The molecule has 0 amide bonds. The number of hydrogen-bond acceptors (Lipinski definition) is 7. The minimum Gasteiger partial charge on any atom is -0.489 e. The topological polar surface area (TPSA) is 77.3 Å². The molecule has 7 rings (SSSR count). The van der Waals surface area contributed by atoms with Gasteiger partial charge < -0.3 is 19.7 Å². The Morgan fingerprint density at radius 1 is 0.850 bits per heavy atom. The predicted molar refractivity (Wildman–Crippen MR) is 157 cm³/mol. The molecule has 2 aromatic heterocycles. The van der Waals surface area contributed by atoms with Gasteiger partial charge in [0.1, 0.15) is 12.4 Å². The Bertz CT molecular complexity index is 1610. The van der Waals surface area contributed by atoms with Crippen molar-refractivity contribution in [3.63, 3.8) is 0 Å². The summed E-state index contributed by atoms with van der Waals surface area (Å²) in [5.74, 6) is 1.52. The molecule has 0 atom stereocenters. The van der Waals surface area contributed by atoms with Crippen molar-refractivity contribution in [1.82, 2.24) is 19.7 Å². The van der Waals surface area contributed by atoms with Crippen LogP contribution in [-0.4, -0.2) is 46.1 Å². The lowest BCUT2D eigenvalue weighted by atomic mass is 9.89. The highest BCUT2D eigenvalue weighted by atomic mass is 16.5. The fourth-order valence-corrected chi connectivity index (χ4v) is 5.64. The molecule has 5 aromatic rings. The summed E-state index contributed by atoms with van der Waals surface area (Å²) in [6.45, 7) is 3.94. The predicted octanol–water partition coefficient (Wildman–Crippen LogP) is 5.85. The Kier molecular flexibility index (Phi) is 6.75. The van der Waals surface area contributed by atoms with Crippen molar-refractivity contribution in [2.24, 2.45) is 0 Å². The minimum absolute atomic E-state index is 0.546. The van der Waals surface area contributed by atoms with Crippen LogP contribution in [0.1, 0.15) is 29.5 Å². The van der Waals surface area contributed by atoms with Gasteiger partial charge in [-0.15, -0.1) is 0 Å². The molecule has 0 bridgehead atoms. The van der Waals surface area contributed by atoms with Crippen molar-refractivity contribution in [1.29, 1.82) is 0 Å². The number of nitrogens with one attached hydrogen (secondary N) is 1. The van der Waals surface area contributed by atoms with Crippen LogP contribution in [0.15, 0.2) is 79.1 Å². The Balaban J connectivity index is 1.15. The van der Waals surface area contributed by atoms with Crippen molar-refractivity contribution in [3.8, 4) is 11.4 Å². The lowest BCUT2D eigenvalue weighted by molar-refractivity contribution is 0.122. The lowest BCUT2D eigenvalue weighted by Gasteiger charge is -2.28. The van der Waals surface area contributed by atoms with E-state index in [0.717, 1.165) is 73.7 Å². The standard InChI is InChI=1S/C32H32N6O2/c1-2-6-23(7-3-1)22-40-30-15-14-29(27-8-4-5-9-28(27)30)38-31-24(21-34-38)20-33-32(36-31)35-25-10-12-26(13-11-25)37-16-18-39-19-17-37/h1-3,6-7,10-15,20-21H,4-5,8-9,16-19,22H2,(H,33,35,36). The monoisotopic (exact) mass is 532 g/mol. The third-order valence-electron chi connectivity index (χ3n) is 7.74. The first-order valence-electron chi connectivity index (χ1n) is 14.0.